The van der Waals surface area contributed by atoms with Crippen molar-refractivity contribution in [3.05, 3.63) is 72.5 Å². The summed E-state index contributed by atoms with van der Waals surface area (Å²) in [4.78, 5) is 2.37. The summed E-state index contributed by atoms with van der Waals surface area (Å²) < 4.78 is 19.2. The van der Waals surface area contributed by atoms with Gasteiger partial charge in [-0.25, -0.2) is 0 Å². The number of anilines is 2. The van der Waals surface area contributed by atoms with E-state index < -0.39 is 0 Å². The Morgan fingerprint density at radius 3 is 1.78 bits per heavy atom. The zero-order valence-corrected chi connectivity index (χ0v) is 26.8. The van der Waals surface area contributed by atoms with Gasteiger partial charge < -0.3 is 18.9 Å². The molecule has 41 heavy (non-hydrogen) atoms. The van der Waals surface area contributed by atoms with Gasteiger partial charge in [-0.15, -0.1) is 0 Å². The van der Waals surface area contributed by atoms with Crippen LogP contribution in [0.4, 0.5) is 11.4 Å². The van der Waals surface area contributed by atoms with Gasteiger partial charge in [-0.3, -0.25) is 0 Å². The van der Waals surface area contributed by atoms with Crippen LogP contribution in [0.1, 0.15) is 88.0 Å². The number of benzene rings is 2. The number of unbranched alkanes of at least 4 members (excludes halogenated alkanes) is 1. The molecule has 2 aromatic carbocycles. The zero-order valence-electron chi connectivity index (χ0n) is 26.8. The van der Waals surface area contributed by atoms with Crippen LogP contribution in [0.25, 0.3) is 0 Å². The van der Waals surface area contributed by atoms with Crippen LogP contribution < -0.4 is 15.8 Å². The number of hydrogen-bond donors (Lipinski definition) is 0. The van der Waals surface area contributed by atoms with Crippen LogP contribution in [0.5, 0.6) is 0 Å². The highest BCUT2D eigenvalue weighted by atomic mass is 16.7. The third-order valence-electron chi connectivity index (χ3n) is 10.3. The van der Waals surface area contributed by atoms with E-state index in [0.29, 0.717) is 5.92 Å². The fraction of sp³-hybridized carbons (Fsp3) is 0.543. The normalized spacial score (nSPS) is 24.0. The summed E-state index contributed by atoms with van der Waals surface area (Å²) in [6, 6.07) is 17.7. The average molecular weight is 553 g/mol. The molecular weight excluding hydrogens is 504 g/mol. The maximum absolute atomic E-state index is 6.53. The van der Waals surface area contributed by atoms with Crippen molar-refractivity contribution in [2.45, 2.75) is 111 Å². The first-order chi connectivity index (χ1) is 19.2. The van der Waals surface area contributed by atoms with Crippen LogP contribution in [-0.4, -0.2) is 30.8 Å². The van der Waals surface area contributed by atoms with E-state index in [-0.39, 0.29) is 36.3 Å². The van der Waals surface area contributed by atoms with Gasteiger partial charge in [0.15, 0.2) is 0 Å². The minimum atomic E-state index is -0.366. The second-order valence-electron chi connectivity index (χ2n) is 14.4. The minimum Gasteiger partial charge on any atom is -0.426 e. The Balaban J connectivity index is 1.42. The van der Waals surface area contributed by atoms with E-state index in [0.717, 1.165) is 29.6 Å². The molecule has 1 aliphatic carbocycles. The molecule has 3 aliphatic rings. The van der Waals surface area contributed by atoms with Gasteiger partial charge in [0.25, 0.3) is 0 Å². The van der Waals surface area contributed by atoms with E-state index in [4.69, 9.17) is 14.0 Å². The Kier molecular flexibility index (Phi) is 8.17. The van der Waals surface area contributed by atoms with Crippen LogP contribution >= 0.6 is 0 Å². The topological polar surface area (TPSA) is 30.9 Å². The van der Waals surface area contributed by atoms with Crippen LogP contribution in [-0.2, 0) is 14.0 Å². The van der Waals surface area contributed by atoms with Crippen LogP contribution in [0, 0.1) is 11.3 Å². The average Bonchev–Trinajstić information content (AvgIpc) is 3.28. The Hall–Kier alpha value is -2.27. The first kappa shape index (κ1) is 30.2. The second-order valence-corrected chi connectivity index (χ2v) is 14.4. The summed E-state index contributed by atoms with van der Waals surface area (Å²) in [7, 11) is -0.366. The molecule has 4 nitrogen and oxygen atoms in total. The molecule has 2 aliphatic heterocycles. The second kappa shape index (κ2) is 11.1. The molecule has 6 heteroatoms. The molecule has 0 N–H and O–H groups in total. The van der Waals surface area contributed by atoms with Gasteiger partial charge >= 0.3 is 14.0 Å². The molecule has 218 valence electrons. The molecule has 2 heterocycles. The summed E-state index contributed by atoms with van der Waals surface area (Å²) >= 11 is 0. The number of allylic oxidation sites excluding steroid dienone is 3. The molecule has 0 saturated carbocycles. The molecule has 5 rings (SSSR count). The van der Waals surface area contributed by atoms with Crippen LogP contribution in [0.3, 0.4) is 0 Å². The van der Waals surface area contributed by atoms with Crippen molar-refractivity contribution >= 4 is 36.3 Å². The van der Waals surface area contributed by atoms with Crippen molar-refractivity contribution in [2.24, 2.45) is 11.3 Å². The van der Waals surface area contributed by atoms with Crippen molar-refractivity contribution < 1.29 is 14.0 Å². The summed E-state index contributed by atoms with van der Waals surface area (Å²) in [5, 5.41) is 0. The quantitative estimate of drug-likeness (QED) is 0.312. The molecular formula is C35H49B2NO3. The maximum Gasteiger partial charge on any atom is 0.494 e. The highest BCUT2D eigenvalue weighted by Gasteiger charge is 2.52. The fourth-order valence-corrected chi connectivity index (χ4v) is 6.00. The molecule has 0 aromatic heterocycles. The number of hydrogen-bond acceptors (Lipinski definition) is 4. The lowest BCUT2D eigenvalue weighted by atomic mass is 9.54. The summed E-state index contributed by atoms with van der Waals surface area (Å²) in [5.74, 6) is 0.625. The van der Waals surface area contributed by atoms with E-state index in [9.17, 15) is 0 Å². The molecule has 1 unspecified atom stereocenters. The highest BCUT2D eigenvalue weighted by Crippen LogP contribution is 2.45. The van der Waals surface area contributed by atoms with Gasteiger partial charge in [-0.1, -0.05) is 70.0 Å². The highest BCUT2D eigenvalue weighted by molar-refractivity contribution is 6.68. The minimum absolute atomic E-state index is 0.120. The molecule has 0 amide bonds. The van der Waals surface area contributed by atoms with E-state index >= 15 is 0 Å². The van der Waals surface area contributed by atoms with E-state index in [1.807, 2.05) is 0 Å². The van der Waals surface area contributed by atoms with Gasteiger partial charge in [0.05, 0.1) is 16.8 Å². The summed E-state index contributed by atoms with van der Waals surface area (Å²) in [5.41, 5.74) is 5.05. The summed E-state index contributed by atoms with van der Waals surface area (Å²) in [6.45, 7) is 19.8. The first-order valence-electron chi connectivity index (χ1n) is 15.6. The first-order valence-corrected chi connectivity index (χ1v) is 15.6. The standard InChI is InChI=1S/C35H49B2NO3/c1-10-11-12-26-13-19-29(20-14-26)38(30-21-15-27(16-22-30)36-25-32(2,3)33(4,5)39-36)31-23-17-28(18-24-31)37-40-34(6,7)35(8,9)41-37/h13,15-24,26H,10-12,14,25H2,1-9H3. The van der Waals surface area contributed by atoms with Gasteiger partial charge in [0.1, 0.15) is 0 Å². The summed E-state index contributed by atoms with van der Waals surface area (Å²) in [6.07, 6.45) is 13.0. The van der Waals surface area contributed by atoms with E-state index in [1.165, 1.54) is 30.4 Å². The third kappa shape index (κ3) is 5.98. The van der Waals surface area contributed by atoms with Crippen molar-refractivity contribution in [3.8, 4) is 0 Å². The fourth-order valence-electron chi connectivity index (χ4n) is 6.00. The van der Waals surface area contributed by atoms with Gasteiger partial charge in [-0.2, -0.15) is 0 Å². The Morgan fingerprint density at radius 1 is 0.756 bits per heavy atom. The molecule has 0 bridgehead atoms. The Morgan fingerprint density at radius 2 is 1.32 bits per heavy atom. The molecule has 0 radical (unpaired) electrons. The Labute approximate surface area is 249 Å². The largest absolute Gasteiger partial charge is 0.494 e. The van der Waals surface area contributed by atoms with Crippen molar-refractivity contribution in [2.75, 3.05) is 4.90 Å². The van der Waals surface area contributed by atoms with Crippen molar-refractivity contribution in [1.82, 2.24) is 0 Å². The maximum atomic E-state index is 6.53. The zero-order chi connectivity index (χ0) is 29.6. The Bertz CT molecular complexity index is 1170. The molecule has 1 atom stereocenters. The lowest BCUT2D eigenvalue weighted by Crippen LogP contribution is -2.41. The van der Waals surface area contributed by atoms with Crippen LogP contribution in [0.15, 0.2) is 72.5 Å². The molecule has 2 saturated heterocycles. The lowest BCUT2D eigenvalue weighted by molar-refractivity contribution is 0.00578. The van der Waals surface area contributed by atoms with Crippen molar-refractivity contribution in [1.29, 1.82) is 0 Å². The van der Waals surface area contributed by atoms with Gasteiger partial charge in [0.2, 0.25) is 0 Å². The molecule has 2 aromatic rings. The predicted octanol–water partition coefficient (Wildman–Crippen LogP) is 7.81. The molecule has 0 spiro atoms. The predicted molar refractivity (Wildman–Crippen MR) is 175 cm³/mol. The monoisotopic (exact) mass is 553 g/mol. The number of nitrogens with zero attached hydrogens (tertiary/aromatic N) is 1. The third-order valence-corrected chi connectivity index (χ3v) is 10.3. The van der Waals surface area contributed by atoms with Gasteiger partial charge in [-0.05, 0) is 113 Å². The van der Waals surface area contributed by atoms with Crippen molar-refractivity contribution in [3.63, 3.8) is 0 Å². The van der Waals surface area contributed by atoms with Crippen LogP contribution in [0.2, 0.25) is 6.32 Å². The van der Waals surface area contributed by atoms with E-state index in [2.05, 4.69) is 134 Å². The SMILES string of the molecule is CCCCC1C=CC(N(c2ccc(B3CC(C)(C)C(C)(C)O3)cc2)c2ccc(B3OC(C)(C)C(C)(C)O3)cc2)=CC1. The lowest BCUT2D eigenvalue weighted by Gasteiger charge is -2.34. The van der Waals surface area contributed by atoms with Gasteiger partial charge in [0, 0.05) is 17.1 Å². The molecule has 2 fully saturated rings. The number of rotatable bonds is 8. The smallest absolute Gasteiger partial charge is 0.426 e. The van der Waals surface area contributed by atoms with E-state index in [1.54, 1.807) is 0 Å².